The maximum absolute atomic E-state index is 13.1. The zero-order valence-electron chi connectivity index (χ0n) is 16.7. The zero-order valence-corrected chi connectivity index (χ0v) is 16.7. The van der Waals surface area contributed by atoms with Gasteiger partial charge in [0.05, 0.1) is 12.1 Å². The van der Waals surface area contributed by atoms with Crippen LogP contribution < -0.4 is 16.4 Å². The molecule has 7 heteroatoms. The molecule has 1 aliphatic carbocycles. The molecular weight excluding hydrogens is 356 g/mol. The number of amides is 1. The maximum Gasteiger partial charge on any atom is 0.254 e. The largest absolute Gasteiger partial charge is 0.338 e. The summed E-state index contributed by atoms with van der Waals surface area (Å²) in [7, 11) is 1.82. The fourth-order valence-corrected chi connectivity index (χ4v) is 4.54. The Kier molecular flexibility index (Phi) is 5.21. The first-order valence-corrected chi connectivity index (χ1v) is 10.1. The van der Waals surface area contributed by atoms with Gasteiger partial charge < -0.3 is 9.88 Å². The summed E-state index contributed by atoms with van der Waals surface area (Å²) in [6.45, 7) is 4.71. The van der Waals surface area contributed by atoms with Crippen LogP contribution in [0.5, 0.6) is 0 Å². The molecule has 2 fully saturated rings. The van der Waals surface area contributed by atoms with Crippen molar-refractivity contribution in [3.63, 3.8) is 0 Å². The maximum atomic E-state index is 13.1. The van der Waals surface area contributed by atoms with E-state index in [0.29, 0.717) is 18.9 Å². The van der Waals surface area contributed by atoms with E-state index in [9.17, 15) is 9.59 Å². The van der Waals surface area contributed by atoms with E-state index in [0.717, 1.165) is 41.4 Å². The minimum Gasteiger partial charge on any atom is -0.338 e. The highest BCUT2D eigenvalue weighted by Gasteiger charge is 2.35. The average Bonchev–Trinajstić information content (AvgIpc) is 3.18. The Balaban J connectivity index is 1.61. The Morgan fingerprint density at radius 2 is 2.14 bits per heavy atom. The normalized spacial score (nSPS) is 27.8. The van der Waals surface area contributed by atoms with Crippen molar-refractivity contribution in [3.8, 4) is 0 Å². The zero-order chi connectivity index (χ0) is 19.8. The molecule has 28 heavy (non-hydrogen) atoms. The van der Waals surface area contributed by atoms with E-state index in [1.165, 1.54) is 0 Å². The van der Waals surface area contributed by atoms with E-state index >= 15 is 0 Å². The van der Waals surface area contributed by atoms with Crippen LogP contribution in [0.2, 0.25) is 0 Å². The molecule has 0 radical (unpaired) electrons. The molecule has 7 nitrogen and oxygen atoms in total. The van der Waals surface area contributed by atoms with Crippen molar-refractivity contribution < 1.29 is 9.63 Å². The van der Waals surface area contributed by atoms with Crippen molar-refractivity contribution in [2.24, 2.45) is 18.9 Å². The Bertz CT molecular complexity index is 949. The molecule has 4 rings (SSSR count). The average molecular weight is 384 g/mol. The molecule has 0 spiro atoms. The van der Waals surface area contributed by atoms with Crippen LogP contribution in [0.4, 0.5) is 0 Å². The highest BCUT2D eigenvalue weighted by Crippen LogP contribution is 2.40. The summed E-state index contributed by atoms with van der Waals surface area (Å²) in [5.74, 6) is 0.400. The van der Waals surface area contributed by atoms with Gasteiger partial charge in [-0.05, 0) is 50.2 Å². The first-order valence-electron chi connectivity index (χ1n) is 10.1. The number of nitrogens with zero attached hydrogens (tertiary/aromatic N) is 2. The molecule has 4 unspecified atom stereocenters. The van der Waals surface area contributed by atoms with Crippen molar-refractivity contribution in [2.45, 2.75) is 51.6 Å². The van der Waals surface area contributed by atoms with Crippen molar-refractivity contribution in [2.75, 3.05) is 6.61 Å². The SMILES string of the molecule is Cc1cc2c(cn1)cc(C1CC(C(=O)NC3CCON3)CCC1C)c(=O)n2C. The summed E-state index contributed by atoms with van der Waals surface area (Å²) in [5, 5.41) is 4.00. The second kappa shape index (κ2) is 7.64. The topological polar surface area (TPSA) is 85.2 Å². The number of fused-ring (bicyclic) bond motifs is 1. The molecule has 4 atom stereocenters. The molecule has 0 bridgehead atoms. The summed E-state index contributed by atoms with van der Waals surface area (Å²) in [6.07, 6.45) is 4.97. The molecule has 2 aromatic heterocycles. The third-order valence-electron chi connectivity index (χ3n) is 6.29. The lowest BCUT2D eigenvalue weighted by Gasteiger charge is -2.34. The molecule has 2 N–H and O–H groups in total. The van der Waals surface area contributed by atoms with E-state index in [-0.39, 0.29) is 29.5 Å². The van der Waals surface area contributed by atoms with Gasteiger partial charge >= 0.3 is 0 Å². The third-order valence-corrected chi connectivity index (χ3v) is 6.29. The second-order valence-corrected chi connectivity index (χ2v) is 8.26. The van der Waals surface area contributed by atoms with Crippen LogP contribution in [0.15, 0.2) is 23.1 Å². The molecule has 0 aromatic carbocycles. The smallest absolute Gasteiger partial charge is 0.254 e. The second-order valence-electron chi connectivity index (χ2n) is 8.26. The van der Waals surface area contributed by atoms with Gasteiger partial charge in [-0.25, -0.2) is 0 Å². The number of hydrogen-bond acceptors (Lipinski definition) is 5. The van der Waals surface area contributed by atoms with Crippen LogP contribution in [0.1, 0.15) is 49.8 Å². The molecule has 3 heterocycles. The summed E-state index contributed by atoms with van der Waals surface area (Å²) < 4.78 is 1.72. The highest BCUT2D eigenvalue weighted by atomic mass is 16.7. The molecule has 1 saturated carbocycles. The lowest BCUT2D eigenvalue weighted by atomic mass is 9.71. The number of hydroxylamine groups is 1. The van der Waals surface area contributed by atoms with Gasteiger partial charge in [-0.2, -0.15) is 5.48 Å². The van der Waals surface area contributed by atoms with E-state index in [1.54, 1.807) is 4.57 Å². The summed E-state index contributed by atoms with van der Waals surface area (Å²) >= 11 is 0. The molecular formula is C21H28N4O3. The standard InChI is InChI=1S/C21H28N4O3/c1-12-4-5-14(20(26)23-19-6-7-28-24-19)9-16(12)17-10-15-11-22-13(2)8-18(15)25(3)21(17)27/h8,10-12,14,16,19,24H,4-7,9H2,1-3H3,(H,23,26). The van der Waals surface area contributed by atoms with Gasteiger partial charge in [0.1, 0.15) is 6.17 Å². The fraction of sp³-hybridized carbons (Fsp3) is 0.571. The van der Waals surface area contributed by atoms with Crippen molar-refractivity contribution >= 4 is 16.8 Å². The first kappa shape index (κ1) is 19.1. The lowest BCUT2D eigenvalue weighted by molar-refractivity contribution is -0.127. The summed E-state index contributed by atoms with van der Waals surface area (Å²) in [6, 6.07) is 3.93. The lowest BCUT2D eigenvalue weighted by Crippen LogP contribution is -2.45. The van der Waals surface area contributed by atoms with Gasteiger partial charge in [0.25, 0.3) is 5.56 Å². The van der Waals surface area contributed by atoms with Gasteiger partial charge in [0.15, 0.2) is 0 Å². The molecule has 1 amide bonds. The van der Waals surface area contributed by atoms with Crippen LogP contribution in [0.3, 0.4) is 0 Å². The summed E-state index contributed by atoms with van der Waals surface area (Å²) in [4.78, 5) is 35.4. The Labute approximate surface area is 164 Å². The van der Waals surface area contributed by atoms with E-state index in [2.05, 4.69) is 22.7 Å². The van der Waals surface area contributed by atoms with Gasteiger partial charge in [-0.1, -0.05) is 6.92 Å². The quantitative estimate of drug-likeness (QED) is 0.847. The third kappa shape index (κ3) is 3.56. The number of aryl methyl sites for hydroxylation is 2. The van der Waals surface area contributed by atoms with E-state index in [1.807, 2.05) is 32.3 Å². The Morgan fingerprint density at radius 1 is 1.32 bits per heavy atom. The number of nitrogens with one attached hydrogen (secondary N) is 2. The number of hydrogen-bond donors (Lipinski definition) is 2. The molecule has 2 aliphatic rings. The highest BCUT2D eigenvalue weighted by molar-refractivity contribution is 5.80. The summed E-state index contributed by atoms with van der Waals surface area (Å²) in [5.41, 5.74) is 5.44. The van der Waals surface area contributed by atoms with E-state index < -0.39 is 0 Å². The molecule has 2 aromatic rings. The monoisotopic (exact) mass is 384 g/mol. The van der Waals surface area contributed by atoms with Gasteiger partial charge in [-0.15, -0.1) is 0 Å². The van der Waals surface area contributed by atoms with Gasteiger partial charge in [0.2, 0.25) is 5.91 Å². The van der Waals surface area contributed by atoms with Crippen molar-refractivity contribution in [1.82, 2.24) is 20.3 Å². The fourth-order valence-electron chi connectivity index (χ4n) is 4.54. The number of pyridine rings is 2. The minimum absolute atomic E-state index is 0.0295. The van der Waals surface area contributed by atoms with Gasteiger partial charge in [-0.3, -0.25) is 19.4 Å². The van der Waals surface area contributed by atoms with Crippen molar-refractivity contribution in [3.05, 3.63) is 39.9 Å². The van der Waals surface area contributed by atoms with Crippen LogP contribution >= 0.6 is 0 Å². The van der Waals surface area contributed by atoms with E-state index in [4.69, 9.17) is 4.84 Å². The Morgan fingerprint density at radius 3 is 2.89 bits per heavy atom. The number of aromatic nitrogens is 2. The van der Waals surface area contributed by atoms with Crippen LogP contribution in [0, 0.1) is 18.8 Å². The first-order chi connectivity index (χ1) is 13.4. The van der Waals surface area contributed by atoms with Crippen molar-refractivity contribution in [1.29, 1.82) is 0 Å². The Hall–Kier alpha value is -2.25. The van der Waals surface area contributed by atoms with Gasteiger partial charge in [0, 0.05) is 42.2 Å². The molecule has 1 aliphatic heterocycles. The predicted molar refractivity (Wildman–Crippen MR) is 107 cm³/mol. The number of rotatable bonds is 3. The number of carbonyl (C=O) groups excluding carboxylic acids is 1. The van der Waals surface area contributed by atoms with Crippen LogP contribution in [-0.4, -0.2) is 28.2 Å². The predicted octanol–water partition coefficient (Wildman–Crippen LogP) is 2.13. The molecule has 150 valence electrons. The van der Waals surface area contributed by atoms with Crippen LogP contribution in [-0.2, 0) is 16.7 Å². The van der Waals surface area contributed by atoms with Crippen LogP contribution in [0.25, 0.3) is 10.9 Å². The minimum atomic E-state index is -0.117. The number of carbonyl (C=O) groups is 1. The molecule has 1 saturated heterocycles.